The number of benzene rings is 2. The fourth-order valence-electron chi connectivity index (χ4n) is 3.15. The molecule has 146 valence electrons. The van der Waals surface area contributed by atoms with Crippen LogP contribution in [0.5, 0.6) is 5.75 Å². The van der Waals surface area contributed by atoms with Crippen molar-refractivity contribution in [3.8, 4) is 22.9 Å². The zero-order chi connectivity index (χ0) is 20.4. The number of thiophene rings is 1. The molecule has 0 spiro atoms. The van der Waals surface area contributed by atoms with Crippen LogP contribution in [0.3, 0.4) is 0 Å². The molecule has 1 N–H and O–H groups in total. The van der Waals surface area contributed by atoms with E-state index in [-0.39, 0.29) is 18.6 Å². The lowest BCUT2D eigenvalue weighted by atomic mass is 10.1. The van der Waals surface area contributed by atoms with E-state index in [9.17, 15) is 13.2 Å². The van der Waals surface area contributed by atoms with E-state index in [1.165, 1.54) is 0 Å². The number of aromatic nitrogens is 1. The van der Waals surface area contributed by atoms with Crippen molar-refractivity contribution >= 4 is 22.2 Å². The number of halogens is 3. The van der Waals surface area contributed by atoms with Crippen molar-refractivity contribution < 1.29 is 17.9 Å². The van der Waals surface area contributed by atoms with Crippen LogP contribution in [-0.4, -0.2) is 4.98 Å². The number of fused-ring (bicyclic) bond motifs is 1. The predicted octanol–water partition coefficient (Wildman–Crippen LogP) is 6.56. The lowest BCUT2D eigenvalue weighted by Crippen LogP contribution is -2.03. The van der Waals surface area contributed by atoms with Crippen LogP contribution in [0.4, 0.5) is 13.2 Å². The van der Waals surface area contributed by atoms with E-state index < -0.39 is 11.1 Å². The number of ether oxygens (including phenoxy) is 1. The van der Waals surface area contributed by atoms with Gasteiger partial charge in [0.05, 0.1) is 12.5 Å². The molecule has 2 aromatic carbocycles. The minimum atomic E-state index is -4.42. The molecule has 7 heteroatoms. The van der Waals surface area contributed by atoms with Crippen LogP contribution in [0.15, 0.2) is 60.7 Å². The fraction of sp³-hybridized carbons (Fsp3) is 0.136. The molecule has 0 aliphatic heterocycles. The van der Waals surface area contributed by atoms with Gasteiger partial charge in [-0.2, -0.15) is 18.4 Å². The van der Waals surface area contributed by atoms with Crippen molar-refractivity contribution in [2.75, 3.05) is 0 Å². The minimum Gasteiger partial charge on any atom is -0.488 e. The lowest BCUT2D eigenvalue weighted by molar-refractivity contribution is -0.133. The van der Waals surface area contributed by atoms with Gasteiger partial charge in [-0.05, 0) is 35.9 Å². The summed E-state index contributed by atoms with van der Waals surface area (Å²) in [6, 6.07) is 19.4. The van der Waals surface area contributed by atoms with Gasteiger partial charge in [0.1, 0.15) is 17.2 Å². The Balaban J connectivity index is 1.58. The number of alkyl halides is 3. The molecule has 4 rings (SSSR count). The first-order valence-electron chi connectivity index (χ1n) is 8.81. The van der Waals surface area contributed by atoms with Gasteiger partial charge in [0, 0.05) is 27.0 Å². The third-order valence-corrected chi connectivity index (χ3v) is 5.58. The van der Waals surface area contributed by atoms with Crippen LogP contribution >= 0.6 is 11.3 Å². The van der Waals surface area contributed by atoms with Crippen molar-refractivity contribution in [2.24, 2.45) is 0 Å². The summed E-state index contributed by atoms with van der Waals surface area (Å²) in [7, 11) is 0. The average Bonchev–Trinajstić information content (AvgIpc) is 3.30. The molecule has 3 nitrogen and oxygen atoms in total. The Hall–Kier alpha value is -3.24. The largest absolute Gasteiger partial charge is 0.488 e. The lowest BCUT2D eigenvalue weighted by Gasteiger charge is -2.07. The first kappa shape index (κ1) is 19.1. The van der Waals surface area contributed by atoms with Crippen LogP contribution < -0.4 is 4.74 Å². The van der Waals surface area contributed by atoms with Crippen LogP contribution in [0, 0.1) is 11.3 Å². The normalized spacial score (nSPS) is 11.5. The van der Waals surface area contributed by atoms with Gasteiger partial charge in [-0.15, -0.1) is 11.3 Å². The second-order valence-electron chi connectivity index (χ2n) is 6.49. The van der Waals surface area contributed by atoms with Crippen molar-refractivity contribution in [3.63, 3.8) is 0 Å². The summed E-state index contributed by atoms with van der Waals surface area (Å²) in [4.78, 5) is 3.02. The average molecular weight is 412 g/mol. The van der Waals surface area contributed by atoms with Gasteiger partial charge in [-0.3, -0.25) is 0 Å². The van der Waals surface area contributed by atoms with Gasteiger partial charge >= 0.3 is 6.18 Å². The van der Waals surface area contributed by atoms with Gasteiger partial charge in [0.15, 0.2) is 0 Å². The standard InChI is InChI=1S/C22H15F3N2OS/c23-22(24,25)21-19(14-4-2-1-3-5-14)12-18(29-21)13-28-17-6-7-20-15(11-17)10-16(27-20)8-9-26/h1-7,10-12,27H,8,13H2. The van der Waals surface area contributed by atoms with Gasteiger partial charge in [0.2, 0.25) is 0 Å². The maximum Gasteiger partial charge on any atom is 0.426 e. The molecule has 0 aliphatic carbocycles. The smallest absolute Gasteiger partial charge is 0.426 e. The molecule has 0 fully saturated rings. The number of rotatable bonds is 5. The summed E-state index contributed by atoms with van der Waals surface area (Å²) in [5.74, 6) is 0.559. The van der Waals surface area contributed by atoms with Crippen molar-refractivity contribution in [1.82, 2.24) is 4.98 Å². The van der Waals surface area contributed by atoms with Crippen LogP contribution in [0.2, 0.25) is 0 Å². The first-order valence-corrected chi connectivity index (χ1v) is 9.62. The molecule has 0 atom stereocenters. The van der Waals surface area contributed by atoms with E-state index in [1.807, 2.05) is 18.2 Å². The molecular formula is C22H15F3N2OS. The maximum atomic E-state index is 13.5. The highest BCUT2D eigenvalue weighted by Crippen LogP contribution is 2.43. The molecule has 2 aromatic heterocycles. The monoisotopic (exact) mass is 412 g/mol. The summed E-state index contributed by atoms with van der Waals surface area (Å²) in [5.41, 5.74) is 2.38. The number of hydrogen-bond donors (Lipinski definition) is 1. The second kappa shape index (κ2) is 7.64. The second-order valence-corrected chi connectivity index (χ2v) is 7.62. The van der Waals surface area contributed by atoms with E-state index in [0.29, 0.717) is 27.5 Å². The van der Waals surface area contributed by atoms with Gasteiger partial charge in [-0.25, -0.2) is 0 Å². The van der Waals surface area contributed by atoms with E-state index in [4.69, 9.17) is 10.00 Å². The number of nitrogens with zero attached hydrogens (tertiary/aromatic N) is 1. The summed E-state index contributed by atoms with van der Waals surface area (Å²) in [6.45, 7) is 0.0432. The third kappa shape index (κ3) is 4.13. The van der Waals surface area contributed by atoms with Crippen LogP contribution in [-0.2, 0) is 19.2 Å². The molecule has 2 heterocycles. The third-order valence-electron chi connectivity index (χ3n) is 4.42. The molecule has 0 bridgehead atoms. The Morgan fingerprint density at radius 2 is 1.83 bits per heavy atom. The van der Waals surface area contributed by atoms with E-state index in [2.05, 4.69) is 11.1 Å². The van der Waals surface area contributed by atoms with E-state index in [1.54, 1.807) is 42.5 Å². The number of nitrogens with one attached hydrogen (secondary N) is 1. The Morgan fingerprint density at radius 1 is 1.03 bits per heavy atom. The fourth-order valence-corrected chi connectivity index (χ4v) is 4.11. The van der Waals surface area contributed by atoms with Crippen LogP contribution in [0.25, 0.3) is 22.0 Å². The SMILES string of the molecule is N#CCc1cc2cc(OCc3cc(-c4ccccc4)c(C(F)(F)F)s3)ccc2[nH]1. The maximum absolute atomic E-state index is 13.5. The van der Waals surface area contributed by atoms with Crippen LogP contribution in [0.1, 0.15) is 15.4 Å². The van der Waals surface area contributed by atoms with E-state index in [0.717, 1.165) is 16.6 Å². The predicted molar refractivity (Wildman–Crippen MR) is 107 cm³/mol. The zero-order valence-electron chi connectivity index (χ0n) is 15.1. The summed E-state index contributed by atoms with van der Waals surface area (Å²) < 4.78 is 46.2. The molecule has 0 aliphatic rings. The summed E-state index contributed by atoms with van der Waals surface area (Å²) >= 11 is 0.703. The number of aromatic amines is 1. The van der Waals surface area contributed by atoms with Gasteiger partial charge in [0.25, 0.3) is 0 Å². The Kier molecular flexibility index (Phi) is 5.03. The zero-order valence-corrected chi connectivity index (χ0v) is 15.9. The van der Waals surface area contributed by atoms with Crippen molar-refractivity contribution in [3.05, 3.63) is 76.1 Å². The topological polar surface area (TPSA) is 48.8 Å². The first-order chi connectivity index (χ1) is 13.9. The molecule has 0 saturated carbocycles. The highest BCUT2D eigenvalue weighted by molar-refractivity contribution is 7.12. The highest BCUT2D eigenvalue weighted by atomic mass is 32.1. The molecule has 29 heavy (non-hydrogen) atoms. The van der Waals surface area contributed by atoms with Crippen molar-refractivity contribution in [1.29, 1.82) is 5.26 Å². The quantitative estimate of drug-likeness (QED) is 0.403. The van der Waals surface area contributed by atoms with E-state index >= 15 is 0 Å². The molecule has 0 saturated heterocycles. The highest BCUT2D eigenvalue weighted by Gasteiger charge is 2.36. The summed E-state index contributed by atoms with van der Waals surface area (Å²) in [5, 5.41) is 9.69. The molecule has 0 amide bonds. The molecular weight excluding hydrogens is 397 g/mol. The van der Waals surface area contributed by atoms with Gasteiger partial charge < -0.3 is 9.72 Å². The number of nitriles is 1. The molecule has 4 aromatic rings. The molecule has 0 unspecified atom stereocenters. The number of H-pyrrole nitrogens is 1. The van der Waals surface area contributed by atoms with Gasteiger partial charge in [-0.1, -0.05) is 30.3 Å². The van der Waals surface area contributed by atoms with Crippen molar-refractivity contribution in [2.45, 2.75) is 19.2 Å². The molecule has 0 radical (unpaired) electrons. The number of hydrogen-bond acceptors (Lipinski definition) is 3. The Labute approximate surface area is 169 Å². The minimum absolute atomic E-state index is 0.0432. The Morgan fingerprint density at radius 3 is 2.55 bits per heavy atom. The summed E-state index contributed by atoms with van der Waals surface area (Å²) in [6.07, 6.45) is -4.14. The Bertz CT molecular complexity index is 1190.